The van der Waals surface area contributed by atoms with Gasteiger partial charge in [0.05, 0.1) is 6.04 Å². The summed E-state index contributed by atoms with van der Waals surface area (Å²) in [6.07, 6.45) is 1.04. The molecular weight excluding hydrogens is 329 g/mol. The van der Waals surface area contributed by atoms with E-state index in [1.807, 2.05) is 0 Å². The summed E-state index contributed by atoms with van der Waals surface area (Å²) < 4.78 is 14.6. The third-order valence-corrected chi connectivity index (χ3v) is 4.34. The van der Waals surface area contributed by atoms with Gasteiger partial charge >= 0.3 is 0 Å². The molecule has 1 unspecified atom stereocenters. The van der Waals surface area contributed by atoms with Crippen LogP contribution in [0.15, 0.2) is 40.9 Å². The molecule has 0 heterocycles. The van der Waals surface area contributed by atoms with Crippen LogP contribution in [0.1, 0.15) is 41.6 Å². The smallest absolute Gasteiger partial charge is 0.123 e. The lowest BCUT2D eigenvalue weighted by Gasteiger charge is -2.23. The van der Waals surface area contributed by atoms with Gasteiger partial charge in [-0.1, -0.05) is 46.6 Å². The van der Waals surface area contributed by atoms with Crippen molar-refractivity contribution in [3.8, 4) is 0 Å². The molecule has 0 aliphatic rings. The molecule has 0 bridgehead atoms. The quantitative estimate of drug-likeness (QED) is 0.772. The molecule has 0 radical (unpaired) electrons. The molecule has 3 heteroatoms. The predicted molar refractivity (Wildman–Crippen MR) is 90.2 cm³/mol. The molecule has 2 aromatic rings. The molecular formula is C18H21BrFN. The van der Waals surface area contributed by atoms with E-state index in [1.165, 1.54) is 22.8 Å². The van der Waals surface area contributed by atoms with Crippen LogP contribution >= 0.6 is 15.9 Å². The molecule has 0 aliphatic carbocycles. The Hall–Kier alpha value is -1.19. The van der Waals surface area contributed by atoms with Gasteiger partial charge in [0, 0.05) is 4.47 Å². The van der Waals surface area contributed by atoms with Gasteiger partial charge in [-0.25, -0.2) is 4.39 Å². The highest BCUT2D eigenvalue weighted by Gasteiger charge is 2.18. The average molecular weight is 350 g/mol. The first-order valence-corrected chi connectivity index (χ1v) is 8.07. The molecule has 0 saturated carbocycles. The molecule has 112 valence electrons. The summed E-state index contributed by atoms with van der Waals surface area (Å²) in [4.78, 5) is 0. The number of hydrogen-bond acceptors (Lipinski definition) is 1. The van der Waals surface area contributed by atoms with Crippen molar-refractivity contribution in [2.45, 2.75) is 33.2 Å². The summed E-state index contributed by atoms with van der Waals surface area (Å²) in [5, 5.41) is 3.54. The maximum absolute atomic E-state index is 13.7. The minimum Gasteiger partial charge on any atom is -0.306 e. The largest absolute Gasteiger partial charge is 0.306 e. The number of hydrogen-bond donors (Lipinski definition) is 1. The van der Waals surface area contributed by atoms with Crippen molar-refractivity contribution in [2.75, 3.05) is 6.54 Å². The van der Waals surface area contributed by atoms with E-state index < -0.39 is 0 Å². The monoisotopic (exact) mass is 349 g/mol. The minimum absolute atomic E-state index is 0.00470. The third kappa shape index (κ3) is 3.92. The van der Waals surface area contributed by atoms with E-state index >= 15 is 0 Å². The first kappa shape index (κ1) is 16.2. The lowest BCUT2D eigenvalue weighted by Crippen LogP contribution is -2.24. The fraction of sp³-hybridized carbons (Fsp3) is 0.333. The molecule has 0 saturated heterocycles. The van der Waals surface area contributed by atoms with Crippen molar-refractivity contribution in [1.29, 1.82) is 0 Å². The summed E-state index contributed by atoms with van der Waals surface area (Å²) in [6, 6.07) is 11.3. The first-order valence-electron chi connectivity index (χ1n) is 7.28. The van der Waals surface area contributed by atoms with Crippen LogP contribution in [0, 0.1) is 19.7 Å². The number of halogens is 2. The maximum atomic E-state index is 13.7. The molecule has 2 rings (SSSR count). The van der Waals surface area contributed by atoms with Gasteiger partial charge in [-0.3, -0.25) is 0 Å². The van der Waals surface area contributed by atoms with E-state index in [0.29, 0.717) is 0 Å². The fourth-order valence-corrected chi connectivity index (χ4v) is 2.96. The lowest BCUT2D eigenvalue weighted by atomic mass is 9.93. The Bertz CT molecular complexity index is 573. The van der Waals surface area contributed by atoms with E-state index in [1.54, 1.807) is 12.1 Å². The highest BCUT2D eigenvalue weighted by Crippen LogP contribution is 2.31. The van der Waals surface area contributed by atoms with E-state index in [2.05, 4.69) is 60.2 Å². The molecule has 1 nitrogen and oxygen atoms in total. The second-order valence-corrected chi connectivity index (χ2v) is 6.27. The van der Waals surface area contributed by atoms with Crippen LogP contribution in [0.5, 0.6) is 0 Å². The van der Waals surface area contributed by atoms with Crippen LogP contribution in [-0.4, -0.2) is 6.54 Å². The normalized spacial score (nSPS) is 12.4. The topological polar surface area (TPSA) is 12.0 Å². The number of nitrogens with one attached hydrogen (secondary N) is 1. The number of aryl methyl sites for hydroxylation is 2. The van der Waals surface area contributed by atoms with Crippen LogP contribution in [0.4, 0.5) is 4.39 Å². The lowest BCUT2D eigenvalue weighted by molar-refractivity contribution is 0.581. The second kappa shape index (κ2) is 7.19. The third-order valence-electron chi connectivity index (χ3n) is 3.61. The fourth-order valence-electron chi connectivity index (χ4n) is 2.48. The molecule has 0 aromatic heterocycles. The van der Waals surface area contributed by atoms with Crippen molar-refractivity contribution in [2.24, 2.45) is 0 Å². The predicted octanol–water partition coefficient (Wildman–Crippen LogP) is 5.29. The van der Waals surface area contributed by atoms with Gasteiger partial charge in [-0.2, -0.15) is 0 Å². The Balaban J connectivity index is 2.52. The molecule has 0 spiro atoms. The Kier molecular flexibility index (Phi) is 5.54. The molecule has 0 aliphatic heterocycles. The van der Waals surface area contributed by atoms with Crippen LogP contribution in [0.25, 0.3) is 0 Å². The van der Waals surface area contributed by atoms with E-state index in [0.717, 1.165) is 23.0 Å². The SMILES string of the molecule is CCCNC(c1cc(C)ccc1C)c1cc(F)ccc1Br. The Morgan fingerprint density at radius 1 is 1.10 bits per heavy atom. The highest BCUT2D eigenvalue weighted by atomic mass is 79.9. The summed E-state index contributed by atoms with van der Waals surface area (Å²) in [5.41, 5.74) is 4.57. The Morgan fingerprint density at radius 2 is 1.86 bits per heavy atom. The Labute approximate surface area is 134 Å². The first-order chi connectivity index (χ1) is 10.0. The van der Waals surface area contributed by atoms with Gasteiger partial charge in [-0.05, 0) is 61.7 Å². The standard InChI is InChI=1S/C18H21BrFN/c1-4-9-21-18(15-10-12(2)5-6-13(15)3)16-11-14(20)7-8-17(16)19/h5-8,10-11,18,21H,4,9H2,1-3H3. The van der Waals surface area contributed by atoms with Crippen molar-refractivity contribution >= 4 is 15.9 Å². The van der Waals surface area contributed by atoms with E-state index in [9.17, 15) is 4.39 Å². The van der Waals surface area contributed by atoms with Crippen molar-refractivity contribution < 1.29 is 4.39 Å². The van der Waals surface area contributed by atoms with Crippen LogP contribution < -0.4 is 5.32 Å². The van der Waals surface area contributed by atoms with Crippen molar-refractivity contribution in [1.82, 2.24) is 5.32 Å². The number of benzene rings is 2. The molecule has 1 atom stereocenters. The van der Waals surface area contributed by atoms with Crippen LogP contribution in [0.3, 0.4) is 0 Å². The summed E-state index contributed by atoms with van der Waals surface area (Å²) in [6.45, 7) is 7.21. The van der Waals surface area contributed by atoms with Crippen molar-refractivity contribution in [3.63, 3.8) is 0 Å². The minimum atomic E-state index is -0.207. The van der Waals surface area contributed by atoms with Gasteiger partial charge in [0.1, 0.15) is 5.82 Å². The second-order valence-electron chi connectivity index (χ2n) is 5.41. The average Bonchev–Trinajstić information content (AvgIpc) is 2.46. The maximum Gasteiger partial charge on any atom is 0.123 e. The molecule has 0 amide bonds. The highest BCUT2D eigenvalue weighted by molar-refractivity contribution is 9.10. The molecule has 0 fully saturated rings. The zero-order chi connectivity index (χ0) is 15.4. The van der Waals surface area contributed by atoms with Gasteiger partial charge < -0.3 is 5.32 Å². The molecule has 1 N–H and O–H groups in total. The summed E-state index contributed by atoms with van der Waals surface area (Å²) >= 11 is 3.56. The zero-order valence-electron chi connectivity index (χ0n) is 12.7. The van der Waals surface area contributed by atoms with Gasteiger partial charge in [0.2, 0.25) is 0 Å². The van der Waals surface area contributed by atoms with Crippen molar-refractivity contribution in [3.05, 3.63) is 68.9 Å². The summed E-state index contributed by atoms with van der Waals surface area (Å²) in [5.74, 6) is -0.207. The Morgan fingerprint density at radius 3 is 2.57 bits per heavy atom. The van der Waals surface area contributed by atoms with Gasteiger partial charge in [0.25, 0.3) is 0 Å². The molecule has 21 heavy (non-hydrogen) atoms. The van der Waals surface area contributed by atoms with Gasteiger partial charge in [-0.15, -0.1) is 0 Å². The van der Waals surface area contributed by atoms with Crippen LogP contribution in [0.2, 0.25) is 0 Å². The van der Waals surface area contributed by atoms with E-state index in [-0.39, 0.29) is 11.9 Å². The zero-order valence-corrected chi connectivity index (χ0v) is 14.3. The molecule has 2 aromatic carbocycles. The van der Waals surface area contributed by atoms with Gasteiger partial charge in [0.15, 0.2) is 0 Å². The number of rotatable bonds is 5. The summed E-state index contributed by atoms with van der Waals surface area (Å²) in [7, 11) is 0. The van der Waals surface area contributed by atoms with Crippen LogP contribution in [-0.2, 0) is 0 Å². The van der Waals surface area contributed by atoms with E-state index in [4.69, 9.17) is 0 Å².